The van der Waals surface area contributed by atoms with Crippen LogP contribution in [0, 0.1) is 0 Å². The second kappa shape index (κ2) is 20.2. The Labute approximate surface area is 376 Å². The minimum atomic E-state index is -1.23. The number of carboxylic acid groups (broad SMARTS) is 1. The van der Waals surface area contributed by atoms with Crippen LogP contribution >= 0.6 is 58.2 Å². The van der Waals surface area contributed by atoms with Gasteiger partial charge in [-0.15, -0.1) is 23.4 Å². The molecule has 8 rings (SSSR count). The number of benzene rings is 3. The van der Waals surface area contributed by atoms with Gasteiger partial charge in [-0.05, 0) is 81.9 Å². The lowest BCUT2D eigenvalue weighted by Gasteiger charge is -2.36. The Bertz CT molecular complexity index is 2290. The first-order chi connectivity index (χ1) is 29.3. The van der Waals surface area contributed by atoms with Crippen molar-refractivity contribution in [3.05, 3.63) is 76.7 Å². The van der Waals surface area contributed by atoms with Crippen LogP contribution in [0.5, 0.6) is 11.5 Å². The van der Waals surface area contributed by atoms with Crippen molar-refractivity contribution in [3.8, 4) is 11.5 Å². The summed E-state index contributed by atoms with van der Waals surface area (Å²) in [6, 6.07) is 4.45. The number of aromatic carboxylic acids is 1. The van der Waals surface area contributed by atoms with Gasteiger partial charge >= 0.3 is 5.97 Å². The highest BCUT2D eigenvalue weighted by atomic mass is 35.5. The van der Waals surface area contributed by atoms with Crippen LogP contribution in [-0.4, -0.2) is 87.8 Å². The molecule has 0 bridgehead atoms. The predicted octanol–water partition coefficient (Wildman–Crippen LogP) is 8.60. The molecule has 0 atom stereocenters. The molecule has 0 saturated carbocycles. The van der Waals surface area contributed by atoms with E-state index in [0.29, 0.717) is 54.9 Å². The average molecular weight is 919 g/mol. The smallest absolute Gasteiger partial charge is 0.337 e. The fourth-order valence-electron chi connectivity index (χ4n) is 9.73. The number of nitrogens with one attached hydrogen (secondary N) is 1. The van der Waals surface area contributed by atoms with E-state index >= 15 is 0 Å². The zero-order valence-electron chi connectivity index (χ0n) is 34.1. The largest absolute Gasteiger partial charge is 0.478 e. The second-order valence-electron chi connectivity index (χ2n) is 16.3. The first-order valence-electron chi connectivity index (χ1n) is 21.8. The summed E-state index contributed by atoms with van der Waals surface area (Å²) in [4.78, 5) is 29.5. The Morgan fingerprint density at radius 2 is 1.55 bits per heavy atom. The summed E-state index contributed by atoms with van der Waals surface area (Å²) in [5.74, 6) is 0.778. The van der Waals surface area contributed by atoms with E-state index in [2.05, 4.69) is 26.9 Å². The average Bonchev–Trinajstić information content (AvgIpc) is 3.59. The lowest BCUT2D eigenvalue weighted by Crippen LogP contribution is -2.41. The van der Waals surface area contributed by atoms with Crippen molar-refractivity contribution in [2.24, 2.45) is 0 Å². The van der Waals surface area contributed by atoms with Crippen molar-refractivity contribution in [2.45, 2.75) is 94.8 Å². The number of carboxylic acids is 1. The van der Waals surface area contributed by atoms with Gasteiger partial charge in [0.05, 0.1) is 51.8 Å². The number of anilines is 1. The zero-order chi connectivity index (χ0) is 41.8. The van der Waals surface area contributed by atoms with Gasteiger partial charge in [0.2, 0.25) is 11.3 Å². The molecule has 14 heteroatoms. The van der Waals surface area contributed by atoms with E-state index in [0.717, 1.165) is 150 Å². The number of carbonyl (C=O) groups is 2. The summed E-state index contributed by atoms with van der Waals surface area (Å²) in [6.45, 7) is 6.32. The Balaban J connectivity index is 1.15. The molecule has 2 N–H and O–H groups in total. The Morgan fingerprint density at radius 3 is 2.38 bits per heavy atom. The van der Waals surface area contributed by atoms with E-state index in [4.69, 9.17) is 60.6 Å². The van der Waals surface area contributed by atoms with Gasteiger partial charge in [-0.25, -0.2) is 9.37 Å². The van der Waals surface area contributed by atoms with E-state index < -0.39 is 5.97 Å². The number of ether oxygens (including phenoxy) is 3. The summed E-state index contributed by atoms with van der Waals surface area (Å²) in [7, 11) is 0. The van der Waals surface area contributed by atoms with E-state index in [1.54, 1.807) is 0 Å². The van der Waals surface area contributed by atoms with Gasteiger partial charge in [-0.3, -0.25) is 4.79 Å². The quantitative estimate of drug-likeness (QED) is 0.0358. The maximum absolute atomic E-state index is 13.4. The van der Waals surface area contributed by atoms with Crippen LogP contribution in [0.25, 0.3) is 5.57 Å². The Morgan fingerprint density at radius 1 is 0.800 bits per heavy atom. The Kier molecular flexibility index (Phi) is 14.8. The topological polar surface area (TPSA) is 100 Å². The summed E-state index contributed by atoms with van der Waals surface area (Å²) in [5, 5.41) is 16.0. The van der Waals surface area contributed by atoms with Crippen LogP contribution in [0.15, 0.2) is 17.0 Å². The molecule has 3 aromatic rings. The monoisotopic (exact) mass is 916 g/mol. The maximum Gasteiger partial charge on any atom is 0.337 e. The molecule has 5 aliphatic heterocycles. The summed E-state index contributed by atoms with van der Waals surface area (Å²) >= 11 is 28.3. The van der Waals surface area contributed by atoms with E-state index in [-0.39, 0.29) is 32.3 Å². The fourth-order valence-corrected chi connectivity index (χ4v) is 11.9. The third-order valence-corrected chi connectivity index (χ3v) is 15.2. The lowest BCUT2D eigenvalue weighted by atomic mass is 9.83. The molecular weight excluding hydrogens is 864 g/mol. The van der Waals surface area contributed by atoms with Crippen molar-refractivity contribution in [2.75, 3.05) is 75.7 Å². The number of carbonyl (C=O) groups excluding carboxylic acids is 1. The number of amides is 1. The van der Waals surface area contributed by atoms with Crippen molar-refractivity contribution < 1.29 is 28.9 Å². The number of unbranched alkanes of at least 4 members (excludes halogenated alkanes) is 3. The maximum atomic E-state index is 13.4. The summed E-state index contributed by atoms with van der Waals surface area (Å²) < 4.78 is 21.1. The highest BCUT2D eigenvalue weighted by Gasteiger charge is 2.38. The normalized spacial score (nSPS) is 16.6. The van der Waals surface area contributed by atoms with Crippen molar-refractivity contribution in [1.29, 1.82) is 0 Å². The molecule has 0 aliphatic carbocycles. The van der Waals surface area contributed by atoms with Crippen molar-refractivity contribution in [3.63, 3.8) is 0 Å². The van der Waals surface area contributed by atoms with E-state index in [9.17, 15) is 14.7 Å². The third-order valence-electron chi connectivity index (χ3n) is 12.4. The highest BCUT2D eigenvalue weighted by Crippen LogP contribution is 2.52. The van der Waals surface area contributed by atoms with Crippen LogP contribution in [0.3, 0.4) is 0 Å². The molecule has 1 amide bonds. The number of thioether (sulfide) groups is 1. The van der Waals surface area contributed by atoms with E-state index in [1.165, 1.54) is 33.3 Å². The highest BCUT2D eigenvalue weighted by molar-refractivity contribution is 8.00. The van der Waals surface area contributed by atoms with Gasteiger partial charge in [-0.1, -0.05) is 47.6 Å². The van der Waals surface area contributed by atoms with Crippen molar-refractivity contribution in [1.82, 2.24) is 9.89 Å². The molecule has 0 spiro atoms. The van der Waals surface area contributed by atoms with Crippen LogP contribution < -0.4 is 30.1 Å². The van der Waals surface area contributed by atoms with Crippen LogP contribution in [0.2, 0.25) is 15.1 Å². The Hall–Kier alpha value is -2.70. The number of aryl methyl sites for hydroxylation is 2. The summed E-state index contributed by atoms with van der Waals surface area (Å²) in [5.41, 5.74) is 7.81. The predicted molar refractivity (Wildman–Crippen MR) is 243 cm³/mol. The number of fused-ring (bicyclic) bond motifs is 4. The molecular formula is C46H54Cl4N3O6S+. The standard InChI is InChI=1S/C46H53Cl4N3O6S/c47-15-5-1-2-8-21-57-23-24-58-22-16-51-34(54)27-60-45-39(49)36(37(46(55)56)38(48)40(45)50)35-32-25-28-11-3-6-17-52-19-9-13-30(41(28)52)43(32)59-44-31-14-10-20-53-18-7-4-12-29(42(31)53)26-33(35)44/h25-26H,1-24,27H2,(H-,51,54,55,56)/p+1. The van der Waals surface area contributed by atoms with E-state index in [1.807, 2.05) is 0 Å². The third kappa shape index (κ3) is 9.04. The molecule has 5 heterocycles. The molecule has 60 heavy (non-hydrogen) atoms. The van der Waals surface area contributed by atoms with Gasteiger partial charge in [0.1, 0.15) is 24.6 Å². The van der Waals surface area contributed by atoms with Crippen molar-refractivity contribution >= 4 is 81.3 Å². The number of alkyl halides is 1. The lowest BCUT2D eigenvalue weighted by molar-refractivity contribution is -0.118. The van der Waals surface area contributed by atoms with Gasteiger partial charge in [0.15, 0.2) is 0 Å². The molecule has 0 aromatic heterocycles. The number of rotatable bonds is 17. The van der Waals surface area contributed by atoms with Gasteiger partial charge in [0.25, 0.3) is 0 Å². The number of hydrogen-bond donors (Lipinski definition) is 2. The minimum absolute atomic E-state index is 0.0106. The number of hydrogen-bond acceptors (Lipinski definition) is 7. The molecule has 322 valence electrons. The van der Waals surface area contributed by atoms with Gasteiger partial charge < -0.3 is 29.5 Å². The molecule has 5 aliphatic rings. The number of halogens is 4. The SMILES string of the molecule is O=C(CSc1c(Cl)c(Cl)c(C(=O)O)c(C2=c3cc4c5c(c3Oc3c2cc2c6c3CCCN6CCCC2)CCC[N+]=5CCCC4)c1Cl)NCCOCCOCCCCCCCl. The molecule has 0 saturated heterocycles. The van der Waals surface area contributed by atoms with Gasteiger partial charge in [0, 0.05) is 88.6 Å². The molecule has 9 nitrogen and oxygen atoms in total. The first-order valence-corrected chi connectivity index (χ1v) is 24.4. The zero-order valence-corrected chi connectivity index (χ0v) is 38.0. The minimum Gasteiger partial charge on any atom is -0.478 e. The van der Waals surface area contributed by atoms with Crippen LogP contribution in [0.4, 0.5) is 5.69 Å². The molecule has 0 unspecified atom stereocenters. The van der Waals surface area contributed by atoms with Crippen LogP contribution in [-0.2, 0) is 40.0 Å². The molecule has 0 radical (unpaired) electrons. The summed E-state index contributed by atoms with van der Waals surface area (Å²) in [6.07, 6.45) is 14.2. The fraction of sp³-hybridized carbons (Fsp3) is 0.543. The van der Waals surface area contributed by atoms with Gasteiger partial charge in [-0.2, -0.15) is 0 Å². The molecule has 0 fully saturated rings. The second-order valence-corrected chi connectivity index (χ2v) is 18.8. The first kappa shape index (κ1) is 43.9. The van der Waals surface area contributed by atoms with Crippen LogP contribution in [0.1, 0.15) is 108 Å². The molecule has 3 aromatic carbocycles. The number of nitrogens with zero attached hydrogens (tertiary/aromatic N) is 2.